The van der Waals surface area contributed by atoms with Crippen LogP contribution in [0.15, 0.2) is 48.5 Å². The quantitative estimate of drug-likeness (QED) is 0.761. The zero-order valence-electron chi connectivity index (χ0n) is 18.9. The van der Waals surface area contributed by atoms with Gasteiger partial charge in [-0.3, -0.25) is 4.79 Å². The van der Waals surface area contributed by atoms with Crippen LogP contribution in [0, 0.1) is 0 Å². The normalized spacial score (nSPS) is 16.2. The molecule has 1 heterocycles. The number of hydrogen-bond acceptors (Lipinski definition) is 4. The molecule has 162 valence electrons. The summed E-state index contributed by atoms with van der Waals surface area (Å²) in [7, 11) is 2.15. The highest BCUT2D eigenvalue weighted by Gasteiger charge is 2.20. The second-order valence-electron chi connectivity index (χ2n) is 9.12. The van der Waals surface area contributed by atoms with Crippen molar-refractivity contribution in [2.24, 2.45) is 0 Å². The van der Waals surface area contributed by atoms with E-state index in [1.807, 2.05) is 31.2 Å². The fourth-order valence-corrected chi connectivity index (χ4v) is 3.56. The second kappa shape index (κ2) is 9.52. The fourth-order valence-electron chi connectivity index (χ4n) is 3.56. The minimum absolute atomic E-state index is 0.0936. The molecule has 5 heteroatoms. The summed E-state index contributed by atoms with van der Waals surface area (Å²) in [6.45, 7) is 12.7. The molecular weight excluding hydrogens is 374 g/mol. The van der Waals surface area contributed by atoms with Gasteiger partial charge in [0.1, 0.15) is 5.75 Å². The summed E-state index contributed by atoms with van der Waals surface area (Å²) in [6, 6.07) is 16.1. The van der Waals surface area contributed by atoms with Gasteiger partial charge >= 0.3 is 0 Å². The number of carbonyl (C=O) groups is 1. The Hall–Kier alpha value is -2.53. The van der Waals surface area contributed by atoms with Gasteiger partial charge in [0, 0.05) is 37.6 Å². The predicted octanol–water partition coefficient (Wildman–Crippen LogP) is 4.53. The van der Waals surface area contributed by atoms with Gasteiger partial charge in [0.25, 0.3) is 5.91 Å². The minimum Gasteiger partial charge on any atom is -0.481 e. The van der Waals surface area contributed by atoms with E-state index < -0.39 is 6.10 Å². The van der Waals surface area contributed by atoms with Crippen LogP contribution >= 0.6 is 0 Å². The molecule has 30 heavy (non-hydrogen) atoms. The molecule has 0 aliphatic carbocycles. The van der Waals surface area contributed by atoms with Crippen LogP contribution in [0.5, 0.6) is 5.75 Å². The van der Waals surface area contributed by atoms with E-state index in [2.05, 4.69) is 67.2 Å². The van der Waals surface area contributed by atoms with E-state index in [-0.39, 0.29) is 11.3 Å². The standard InChI is InChI=1S/C25H35N3O2/c1-6-23(30-22-13-7-19(8-14-22)25(2,3)4)24(29)26-20-9-11-21(12-10-20)28-17-15-27(5)16-18-28/h7-14,23H,6,15-18H2,1-5H3,(H,26,29)/t23-/m1/s1. The molecule has 5 nitrogen and oxygen atoms in total. The average molecular weight is 410 g/mol. The van der Waals surface area contributed by atoms with Crippen molar-refractivity contribution in [2.75, 3.05) is 43.4 Å². The van der Waals surface area contributed by atoms with E-state index in [4.69, 9.17) is 4.74 Å². The van der Waals surface area contributed by atoms with Crippen molar-refractivity contribution >= 4 is 17.3 Å². The Balaban J connectivity index is 1.58. The molecule has 1 fully saturated rings. The lowest BCUT2D eigenvalue weighted by Crippen LogP contribution is -2.44. The van der Waals surface area contributed by atoms with Crippen LogP contribution in [-0.4, -0.2) is 50.1 Å². The molecule has 1 aliphatic rings. The number of anilines is 2. The summed E-state index contributed by atoms with van der Waals surface area (Å²) < 4.78 is 5.97. The highest BCUT2D eigenvalue weighted by molar-refractivity contribution is 5.94. The number of rotatable bonds is 6. The number of carbonyl (C=O) groups excluding carboxylic acids is 1. The molecule has 0 unspecified atom stereocenters. The fraction of sp³-hybridized carbons (Fsp3) is 0.480. The van der Waals surface area contributed by atoms with Gasteiger partial charge in [-0.1, -0.05) is 39.8 Å². The number of nitrogens with zero attached hydrogens (tertiary/aromatic N) is 2. The van der Waals surface area contributed by atoms with Crippen molar-refractivity contribution in [3.63, 3.8) is 0 Å². The summed E-state index contributed by atoms with van der Waals surface area (Å²) in [5.74, 6) is 0.597. The molecule has 2 aromatic rings. The van der Waals surface area contributed by atoms with Gasteiger partial charge in [0.05, 0.1) is 0 Å². The number of hydrogen-bond donors (Lipinski definition) is 1. The third-order valence-corrected chi connectivity index (χ3v) is 5.67. The zero-order chi connectivity index (χ0) is 21.7. The first-order chi connectivity index (χ1) is 14.3. The highest BCUT2D eigenvalue weighted by atomic mass is 16.5. The molecule has 0 saturated carbocycles. The summed E-state index contributed by atoms with van der Waals surface area (Å²) in [4.78, 5) is 17.5. The second-order valence-corrected chi connectivity index (χ2v) is 9.12. The van der Waals surface area contributed by atoms with E-state index in [0.29, 0.717) is 6.42 Å². The van der Waals surface area contributed by atoms with Crippen LogP contribution < -0.4 is 15.0 Å². The molecule has 1 N–H and O–H groups in total. The molecular formula is C25H35N3O2. The SMILES string of the molecule is CC[C@@H](Oc1ccc(C(C)(C)C)cc1)C(=O)Nc1ccc(N2CCN(C)CC2)cc1. The summed E-state index contributed by atoms with van der Waals surface area (Å²) in [5.41, 5.74) is 3.33. The minimum atomic E-state index is -0.525. The molecule has 0 bridgehead atoms. The van der Waals surface area contributed by atoms with Crippen LogP contribution in [0.25, 0.3) is 0 Å². The molecule has 1 atom stereocenters. The van der Waals surface area contributed by atoms with E-state index in [1.165, 1.54) is 11.3 Å². The zero-order valence-corrected chi connectivity index (χ0v) is 18.9. The van der Waals surface area contributed by atoms with Gasteiger partial charge in [-0.25, -0.2) is 0 Å². The Morgan fingerprint density at radius 3 is 2.13 bits per heavy atom. The molecule has 1 amide bonds. The number of ether oxygens (including phenoxy) is 1. The van der Waals surface area contributed by atoms with Crippen molar-refractivity contribution in [2.45, 2.75) is 45.6 Å². The maximum Gasteiger partial charge on any atom is 0.265 e. The van der Waals surface area contributed by atoms with Gasteiger partial charge in [-0.15, -0.1) is 0 Å². The monoisotopic (exact) mass is 409 g/mol. The number of nitrogens with one attached hydrogen (secondary N) is 1. The molecule has 0 radical (unpaired) electrons. The highest BCUT2D eigenvalue weighted by Crippen LogP contribution is 2.25. The van der Waals surface area contributed by atoms with Gasteiger partial charge < -0.3 is 19.9 Å². The van der Waals surface area contributed by atoms with E-state index in [9.17, 15) is 4.79 Å². The van der Waals surface area contributed by atoms with Crippen LogP contribution in [0.2, 0.25) is 0 Å². The van der Waals surface area contributed by atoms with E-state index in [0.717, 1.165) is 37.6 Å². The first-order valence-corrected chi connectivity index (χ1v) is 10.9. The van der Waals surface area contributed by atoms with Crippen molar-refractivity contribution < 1.29 is 9.53 Å². The number of likely N-dealkylation sites (N-methyl/N-ethyl adjacent to an activating group) is 1. The lowest BCUT2D eigenvalue weighted by atomic mass is 9.87. The van der Waals surface area contributed by atoms with Crippen LogP contribution in [-0.2, 0) is 10.2 Å². The number of amides is 1. The average Bonchev–Trinajstić information content (AvgIpc) is 2.73. The molecule has 0 spiro atoms. The third kappa shape index (κ3) is 5.76. The van der Waals surface area contributed by atoms with Crippen molar-refractivity contribution in [3.8, 4) is 5.75 Å². The van der Waals surface area contributed by atoms with Gasteiger partial charge in [0.15, 0.2) is 6.10 Å². The Morgan fingerprint density at radius 2 is 1.60 bits per heavy atom. The van der Waals surface area contributed by atoms with Gasteiger partial charge in [-0.05, 0) is 60.8 Å². The van der Waals surface area contributed by atoms with Crippen LogP contribution in [0.3, 0.4) is 0 Å². The Morgan fingerprint density at radius 1 is 1.00 bits per heavy atom. The number of benzene rings is 2. The molecule has 2 aromatic carbocycles. The van der Waals surface area contributed by atoms with E-state index >= 15 is 0 Å². The smallest absolute Gasteiger partial charge is 0.265 e. The number of piperazine rings is 1. The third-order valence-electron chi connectivity index (χ3n) is 5.67. The molecule has 1 aliphatic heterocycles. The summed E-state index contributed by atoms with van der Waals surface area (Å²) >= 11 is 0. The Bertz CT molecular complexity index is 817. The van der Waals surface area contributed by atoms with Crippen molar-refractivity contribution in [3.05, 3.63) is 54.1 Å². The lowest BCUT2D eigenvalue weighted by Gasteiger charge is -2.34. The molecule has 1 saturated heterocycles. The van der Waals surface area contributed by atoms with Crippen LogP contribution in [0.1, 0.15) is 39.7 Å². The summed E-state index contributed by atoms with van der Waals surface area (Å²) in [5, 5.41) is 3.00. The first-order valence-electron chi connectivity index (χ1n) is 10.9. The van der Waals surface area contributed by atoms with E-state index in [1.54, 1.807) is 0 Å². The molecule has 0 aromatic heterocycles. The lowest BCUT2D eigenvalue weighted by molar-refractivity contribution is -0.122. The van der Waals surface area contributed by atoms with Crippen molar-refractivity contribution in [1.82, 2.24) is 4.90 Å². The van der Waals surface area contributed by atoms with Gasteiger partial charge in [0.2, 0.25) is 0 Å². The van der Waals surface area contributed by atoms with Gasteiger partial charge in [-0.2, -0.15) is 0 Å². The van der Waals surface area contributed by atoms with Crippen LogP contribution in [0.4, 0.5) is 11.4 Å². The maximum atomic E-state index is 12.7. The topological polar surface area (TPSA) is 44.8 Å². The summed E-state index contributed by atoms with van der Waals surface area (Å²) in [6.07, 6.45) is 0.0782. The molecule has 3 rings (SSSR count). The Kier molecular flexibility index (Phi) is 7.03. The largest absolute Gasteiger partial charge is 0.481 e. The predicted molar refractivity (Wildman–Crippen MR) is 125 cm³/mol. The maximum absolute atomic E-state index is 12.7. The Labute approximate surface area is 181 Å². The first kappa shape index (κ1) is 22.2. The van der Waals surface area contributed by atoms with Crippen molar-refractivity contribution in [1.29, 1.82) is 0 Å².